The van der Waals surface area contributed by atoms with Crippen LogP contribution in [0.5, 0.6) is 5.75 Å². The molecule has 0 N–H and O–H groups in total. The van der Waals surface area contributed by atoms with E-state index in [0.29, 0.717) is 25.0 Å². The van der Waals surface area contributed by atoms with Crippen molar-refractivity contribution in [3.8, 4) is 5.75 Å². The van der Waals surface area contributed by atoms with Gasteiger partial charge in [0.2, 0.25) is 0 Å². The first-order valence-corrected chi connectivity index (χ1v) is 5.41. The Morgan fingerprint density at radius 1 is 1.31 bits per heavy atom. The molecule has 1 rings (SSSR count). The van der Waals surface area contributed by atoms with Crippen LogP contribution < -0.4 is 4.74 Å². The van der Waals surface area contributed by atoms with Crippen LogP contribution in [0.15, 0.2) is 24.3 Å². The lowest BCUT2D eigenvalue weighted by Crippen LogP contribution is -2.02. The summed E-state index contributed by atoms with van der Waals surface area (Å²) in [6.45, 7) is 3.23. The lowest BCUT2D eigenvalue weighted by atomic mass is 10.1. The first-order valence-electron chi connectivity index (χ1n) is 5.41. The molecule has 3 heteroatoms. The molecule has 0 radical (unpaired) electrons. The fourth-order valence-electron chi connectivity index (χ4n) is 1.39. The van der Waals surface area contributed by atoms with Gasteiger partial charge in [0.15, 0.2) is 0 Å². The third-order valence-electron chi connectivity index (χ3n) is 2.25. The normalized spacial score (nSPS) is 9.88. The molecule has 0 aromatic heterocycles. The molecule has 0 atom stereocenters. The molecule has 16 heavy (non-hydrogen) atoms. The van der Waals surface area contributed by atoms with Crippen molar-refractivity contribution in [3.63, 3.8) is 0 Å². The number of carbonyl (C=O) groups excluding carboxylic acids is 2. The van der Waals surface area contributed by atoms with Crippen molar-refractivity contribution in [1.82, 2.24) is 0 Å². The number of Topliss-reactive ketones (excluding diaryl/α,β-unsaturated/α-hetero) is 1. The predicted octanol–water partition coefficient (Wildman–Crippen LogP) is 2.52. The molecular weight excluding hydrogens is 204 g/mol. The van der Waals surface area contributed by atoms with Crippen LogP contribution in [0.4, 0.5) is 0 Å². The quantitative estimate of drug-likeness (QED) is 0.565. The van der Waals surface area contributed by atoms with E-state index in [1.165, 1.54) is 6.92 Å². The molecular formula is C13H16O3. The Kier molecular flexibility index (Phi) is 4.70. The molecule has 86 valence electrons. The van der Waals surface area contributed by atoms with Gasteiger partial charge >= 0.3 is 5.97 Å². The number of hydrogen-bond donors (Lipinski definition) is 0. The highest BCUT2D eigenvalue weighted by molar-refractivity contribution is 5.78. The highest BCUT2D eigenvalue weighted by atomic mass is 16.5. The minimum absolute atomic E-state index is 0.248. The Labute approximate surface area is 95.4 Å². The standard InChI is InChI=1S/C13H16O3/c1-3-12(15)8-7-11-5-4-6-13(9-11)16-10(2)14/h4-6,9H,3,7-8H2,1-2H3. The van der Waals surface area contributed by atoms with E-state index in [-0.39, 0.29) is 11.8 Å². The van der Waals surface area contributed by atoms with Gasteiger partial charge in [-0.2, -0.15) is 0 Å². The van der Waals surface area contributed by atoms with Gasteiger partial charge < -0.3 is 4.74 Å². The summed E-state index contributed by atoms with van der Waals surface area (Å²) in [6.07, 6.45) is 1.81. The van der Waals surface area contributed by atoms with E-state index in [1.54, 1.807) is 12.1 Å². The largest absolute Gasteiger partial charge is 0.427 e. The van der Waals surface area contributed by atoms with Gasteiger partial charge in [0.1, 0.15) is 11.5 Å². The van der Waals surface area contributed by atoms with Crippen molar-refractivity contribution < 1.29 is 14.3 Å². The van der Waals surface area contributed by atoms with Gasteiger partial charge in [0.25, 0.3) is 0 Å². The molecule has 0 aliphatic carbocycles. The maximum atomic E-state index is 11.2. The smallest absolute Gasteiger partial charge is 0.308 e. The van der Waals surface area contributed by atoms with Gasteiger partial charge in [-0.25, -0.2) is 0 Å². The topological polar surface area (TPSA) is 43.4 Å². The molecule has 0 bridgehead atoms. The number of esters is 1. The minimum atomic E-state index is -0.332. The number of ketones is 1. The van der Waals surface area contributed by atoms with Crippen LogP contribution in [0.25, 0.3) is 0 Å². The third-order valence-corrected chi connectivity index (χ3v) is 2.25. The van der Waals surface area contributed by atoms with Crippen LogP contribution in [0.1, 0.15) is 32.3 Å². The number of aryl methyl sites for hydroxylation is 1. The Hall–Kier alpha value is -1.64. The molecule has 0 aliphatic heterocycles. The monoisotopic (exact) mass is 220 g/mol. The summed E-state index contributed by atoms with van der Waals surface area (Å²) in [5.74, 6) is 0.452. The average Bonchev–Trinajstić information content (AvgIpc) is 2.25. The Morgan fingerprint density at radius 3 is 2.69 bits per heavy atom. The van der Waals surface area contributed by atoms with Gasteiger partial charge in [-0.3, -0.25) is 9.59 Å². The molecule has 0 heterocycles. The molecule has 0 aliphatic rings. The lowest BCUT2D eigenvalue weighted by molar-refractivity contribution is -0.131. The summed E-state index contributed by atoms with van der Waals surface area (Å²) in [5.41, 5.74) is 1.01. The molecule has 1 aromatic rings. The molecule has 0 amide bonds. The van der Waals surface area contributed by atoms with E-state index in [9.17, 15) is 9.59 Å². The van der Waals surface area contributed by atoms with E-state index in [1.807, 2.05) is 19.1 Å². The van der Waals surface area contributed by atoms with Crippen LogP contribution >= 0.6 is 0 Å². The van der Waals surface area contributed by atoms with Crippen molar-refractivity contribution in [1.29, 1.82) is 0 Å². The summed E-state index contributed by atoms with van der Waals surface area (Å²) < 4.78 is 4.96. The van der Waals surface area contributed by atoms with Gasteiger partial charge in [-0.05, 0) is 24.1 Å². The predicted molar refractivity (Wildman–Crippen MR) is 61.4 cm³/mol. The highest BCUT2D eigenvalue weighted by Gasteiger charge is 2.02. The van der Waals surface area contributed by atoms with E-state index < -0.39 is 0 Å². The number of rotatable bonds is 5. The van der Waals surface area contributed by atoms with E-state index in [0.717, 1.165) is 5.56 Å². The summed E-state index contributed by atoms with van der Waals surface area (Å²) in [7, 11) is 0. The maximum Gasteiger partial charge on any atom is 0.308 e. The average molecular weight is 220 g/mol. The maximum absolute atomic E-state index is 11.2. The number of hydrogen-bond acceptors (Lipinski definition) is 3. The fraction of sp³-hybridized carbons (Fsp3) is 0.385. The van der Waals surface area contributed by atoms with Crippen LogP contribution in [-0.2, 0) is 16.0 Å². The first-order chi connectivity index (χ1) is 7.61. The van der Waals surface area contributed by atoms with E-state index in [4.69, 9.17) is 4.74 Å². The van der Waals surface area contributed by atoms with Crippen molar-refractivity contribution in [2.75, 3.05) is 0 Å². The minimum Gasteiger partial charge on any atom is -0.427 e. The second-order valence-corrected chi connectivity index (χ2v) is 3.63. The van der Waals surface area contributed by atoms with Crippen LogP contribution in [-0.4, -0.2) is 11.8 Å². The molecule has 0 saturated carbocycles. The van der Waals surface area contributed by atoms with Crippen LogP contribution in [0, 0.1) is 0 Å². The zero-order chi connectivity index (χ0) is 12.0. The van der Waals surface area contributed by atoms with Crippen LogP contribution in [0.3, 0.4) is 0 Å². The molecule has 0 spiro atoms. The summed E-state index contributed by atoms with van der Waals surface area (Å²) in [5, 5.41) is 0. The zero-order valence-corrected chi connectivity index (χ0v) is 9.66. The number of benzene rings is 1. The fourth-order valence-corrected chi connectivity index (χ4v) is 1.39. The van der Waals surface area contributed by atoms with Gasteiger partial charge in [0.05, 0.1) is 0 Å². The Morgan fingerprint density at radius 2 is 2.06 bits per heavy atom. The molecule has 0 unspecified atom stereocenters. The van der Waals surface area contributed by atoms with Crippen molar-refractivity contribution >= 4 is 11.8 Å². The van der Waals surface area contributed by atoms with Gasteiger partial charge in [0, 0.05) is 19.8 Å². The SMILES string of the molecule is CCC(=O)CCc1cccc(OC(C)=O)c1. The molecule has 0 saturated heterocycles. The first kappa shape index (κ1) is 12.4. The summed E-state index contributed by atoms with van der Waals surface area (Å²) >= 11 is 0. The lowest BCUT2D eigenvalue weighted by Gasteiger charge is -2.04. The molecule has 3 nitrogen and oxygen atoms in total. The van der Waals surface area contributed by atoms with E-state index in [2.05, 4.69) is 0 Å². The third kappa shape index (κ3) is 4.26. The van der Waals surface area contributed by atoms with Gasteiger partial charge in [-0.1, -0.05) is 19.1 Å². The molecule has 1 aromatic carbocycles. The van der Waals surface area contributed by atoms with Crippen molar-refractivity contribution in [2.45, 2.75) is 33.1 Å². The summed E-state index contributed by atoms with van der Waals surface area (Å²) in [4.78, 5) is 21.9. The van der Waals surface area contributed by atoms with Crippen molar-refractivity contribution in [3.05, 3.63) is 29.8 Å². The summed E-state index contributed by atoms with van der Waals surface area (Å²) in [6, 6.07) is 7.27. The highest BCUT2D eigenvalue weighted by Crippen LogP contribution is 2.15. The number of carbonyl (C=O) groups is 2. The number of ether oxygens (including phenoxy) is 1. The van der Waals surface area contributed by atoms with E-state index >= 15 is 0 Å². The van der Waals surface area contributed by atoms with Gasteiger partial charge in [-0.15, -0.1) is 0 Å². The Balaban J connectivity index is 2.60. The van der Waals surface area contributed by atoms with Crippen LogP contribution in [0.2, 0.25) is 0 Å². The molecule has 0 fully saturated rings. The Bertz CT molecular complexity index is 383. The van der Waals surface area contributed by atoms with Crippen molar-refractivity contribution in [2.24, 2.45) is 0 Å². The second-order valence-electron chi connectivity index (χ2n) is 3.63. The second kappa shape index (κ2) is 6.05. The zero-order valence-electron chi connectivity index (χ0n) is 9.66.